The zero-order chi connectivity index (χ0) is 19.6. The molecule has 2 aromatic rings. The number of carbonyl (C=O) groups is 4. The number of hydrogen-bond donors (Lipinski definition) is 1. The Hall–Kier alpha value is -3.13. The van der Waals surface area contributed by atoms with Gasteiger partial charge >= 0.3 is 0 Å². The minimum absolute atomic E-state index is 0.0131. The second-order valence-electron chi connectivity index (χ2n) is 5.89. The molecule has 3 rings (SSSR count). The SMILES string of the molecule is CC(=O)Nc1ccc(N2C(=O)C[C@@H](Sc3ccccc3C(=O)[O-])C2=O)cc1. The summed E-state index contributed by atoms with van der Waals surface area (Å²) in [6.45, 7) is 1.38. The van der Waals surface area contributed by atoms with Crippen molar-refractivity contribution in [2.75, 3.05) is 10.2 Å². The minimum Gasteiger partial charge on any atom is -0.545 e. The monoisotopic (exact) mass is 383 g/mol. The number of thioether (sulfide) groups is 1. The molecule has 7 nitrogen and oxygen atoms in total. The van der Waals surface area contributed by atoms with Gasteiger partial charge in [0.1, 0.15) is 0 Å². The van der Waals surface area contributed by atoms with E-state index in [1.807, 2.05) is 0 Å². The second-order valence-corrected chi connectivity index (χ2v) is 7.13. The molecule has 3 amide bonds. The van der Waals surface area contributed by atoms with E-state index in [9.17, 15) is 24.3 Å². The maximum atomic E-state index is 12.7. The number of amides is 3. The molecule has 1 aliphatic rings. The molecule has 138 valence electrons. The van der Waals surface area contributed by atoms with Crippen LogP contribution in [0.5, 0.6) is 0 Å². The summed E-state index contributed by atoms with van der Waals surface area (Å²) in [5, 5.41) is 13.1. The predicted octanol–water partition coefficient (Wildman–Crippen LogP) is 1.43. The van der Waals surface area contributed by atoms with E-state index in [1.54, 1.807) is 42.5 Å². The van der Waals surface area contributed by atoms with Crippen LogP contribution >= 0.6 is 11.8 Å². The Balaban J connectivity index is 1.79. The molecular weight excluding hydrogens is 368 g/mol. The fraction of sp³-hybridized carbons (Fsp3) is 0.158. The number of benzene rings is 2. The van der Waals surface area contributed by atoms with Crippen LogP contribution in [0.15, 0.2) is 53.4 Å². The van der Waals surface area contributed by atoms with Gasteiger partial charge in [-0.3, -0.25) is 14.4 Å². The standard InChI is InChI=1S/C19H16N2O5S/c1-11(22)20-12-6-8-13(9-7-12)21-17(23)10-16(18(21)24)27-15-5-3-2-4-14(15)19(25)26/h2-9,16H,10H2,1H3,(H,20,22)(H,25,26)/p-1/t16-/m1/s1. The van der Waals surface area contributed by atoms with Gasteiger partial charge in [-0.15, -0.1) is 11.8 Å². The maximum Gasteiger partial charge on any atom is 0.247 e. The van der Waals surface area contributed by atoms with Crippen molar-refractivity contribution in [2.24, 2.45) is 0 Å². The van der Waals surface area contributed by atoms with Gasteiger partial charge < -0.3 is 15.2 Å². The van der Waals surface area contributed by atoms with Crippen LogP contribution in [0.25, 0.3) is 0 Å². The van der Waals surface area contributed by atoms with Crippen molar-refractivity contribution in [3.8, 4) is 0 Å². The molecule has 1 heterocycles. The van der Waals surface area contributed by atoms with Crippen molar-refractivity contribution in [1.82, 2.24) is 0 Å². The Morgan fingerprint density at radius 3 is 2.41 bits per heavy atom. The lowest BCUT2D eigenvalue weighted by Crippen LogP contribution is -2.31. The van der Waals surface area contributed by atoms with Gasteiger partial charge in [-0.25, -0.2) is 4.90 Å². The predicted molar refractivity (Wildman–Crippen MR) is 98.3 cm³/mol. The van der Waals surface area contributed by atoms with Gasteiger partial charge in [0.05, 0.1) is 16.9 Å². The normalized spacial score (nSPS) is 16.5. The van der Waals surface area contributed by atoms with Crippen molar-refractivity contribution in [1.29, 1.82) is 0 Å². The largest absolute Gasteiger partial charge is 0.545 e. The van der Waals surface area contributed by atoms with E-state index in [1.165, 1.54) is 13.0 Å². The zero-order valence-corrected chi connectivity index (χ0v) is 15.1. The molecule has 27 heavy (non-hydrogen) atoms. The van der Waals surface area contributed by atoms with E-state index in [2.05, 4.69) is 5.32 Å². The lowest BCUT2D eigenvalue weighted by Gasteiger charge is -2.16. The Kier molecular flexibility index (Phi) is 5.27. The number of carboxylic acid groups (broad SMARTS) is 1. The number of carbonyl (C=O) groups excluding carboxylic acids is 4. The molecule has 0 unspecified atom stereocenters. The molecule has 0 aliphatic carbocycles. The summed E-state index contributed by atoms with van der Waals surface area (Å²) >= 11 is 1.04. The minimum atomic E-state index is -1.33. The molecule has 8 heteroatoms. The Morgan fingerprint density at radius 1 is 1.11 bits per heavy atom. The van der Waals surface area contributed by atoms with Gasteiger partial charge in [-0.05, 0) is 30.3 Å². The molecule has 0 bridgehead atoms. The summed E-state index contributed by atoms with van der Waals surface area (Å²) < 4.78 is 0. The van der Waals surface area contributed by atoms with Crippen LogP contribution in [0.3, 0.4) is 0 Å². The van der Waals surface area contributed by atoms with Gasteiger partial charge in [0.2, 0.25) is 17.7 Å². The van der Waals surface area contributed by atoms with Crippen LogP contribution in [0.1, 0.15) is 23.7 Å². The van der Waals surface area contributed by atoms with E-state index in [-0.39, 0.29) is 23.8 Å². The first-order valence-electron chi connectivity index (χ1n) is 8.08. The first-order chi connectivity index (χ1) is 12.9. The van der Waals surface area contributed by atoms with Crippen molar-refractivity contribution in [2.45, 2.75) is 23.5 Å². The summed E-state index contributed by atoms with van der Waals surface area (Å²) in [6.07, 6.45) is -0.0294. The van der Waals surface area contributed by atoms with E-state index in [4.69, 9.17) is 0 Å². The Labute approximate surface area is 159 Å². The molecular formula is C19H15N2O5S-. The number of nitrogens with one attached hydrogen (secondary N) is 1. The number of hydrogen-bond acceptors (Lipinski definition) is 6. The highest BCUT2D eigenvalue weighted by Crippen LogP contribution is 2.35. The molecule has 0 saturated carbocycles. The molecule has 0 spiro atoms. The van der Waals surface area contributed by atoms with Crippen LogP contribution in [0.4, 0.5) is 11.4 Å². The van der Waals surface area contributed by atoms with E-state index in [0.29, 0.717) is 16.3 Å². The van der Waals surface area contributed by atoms with Gasteiger partial charge in [0.15, 0.2) is 0 Å². The number of anilines is 2. The molecule has 1 fully saturated rings. The Bertz CT molecular complexity index is 926. The van der Waals surface area contributed by atoms with Crippen LogP contribution in [0, 0.1) is 0 Å². The number of imide groups is 1. The molecule has 1 aliphatic heterocycles. The van der Waals surface area contributed by atoms with Crippen LogP contribution in [-0.2, 0) is 14.4 Å². The van der Waals surface area contributed by atoms with E-state index >= 15 is 0 Å². The third-order valence-corrected chi connectivity index (χ3v) is 5.19. The summed E-state index contributed by atoms with van der Waals surface area (Å²) in [4.78, 5) is 48.8. The van der Waals surface area contributed by atoms with Crippen LogP contribution < -0.4 is 15.3 Å². The molecule has 2 aromatic carbocycles. The first-order valence-corrected chi connectivity index (χ1v) is 8.96. The topological polar surface area (TPSA) is 107 Å². The fourth-order valence-corrected chi connectivity index (χ4v) is 3.93. The highest BCUT2D eigenvalue weighted by Gasteiger charge is 2.40. The number of aromatic carboxylic acids is 1. The third kappa shape index (κ3) is 4.01. The van der Waals surface area contributed by atoms with Crippen LogP contribution in [-0.4, -0.2) is 28.9 Å². The highest BCUT2D eigenvalue weighted by atomic mass is 32.2. The number of nitrogens with zero attached hydrogens (tertiary/aromatic N) is 1. The molecule has 0 aromatic heterocycles. The average Bonchev–Trinajstić information content (AvgIpc) is 2.89. The maximum absolute atomic E-state index is 12.7. The highest BCUT2D eigenvalue weighted by molar-refractivity contribution is 8.00. The third-order valence-electron chi connectivity index (χ3n) is 3.93. The molecule has 1 saturated heterocycles. The smallest absolute Gasteiger partial charge is 0.247 e. The van der Waals surface area contributed by atoms with Crippen molar-refractivity contribution in [3.63, 3.8) is 0 Å². The lowest BCUT2D eigenvalue weighted by atomic mass is 10.2. The molecule has 0 radical (unpaired) electrons. The number of rotatable bonds is 5. The summed E-state index contributed by atoms with van der Waals surface area (Å²) in [6, 6.07) is 12.6. The lowest BCUT2D eigenvalue weighted by molar-refractivity contribution is -0.255. The van der Waals surface area contributed by atoms with E-state index in [0.717, 1.165) is 16.7 Å². The molecule has 1 atom stereocenters. The van der Waals surface area contributed by atoms with Crippen molar-refractivity contribution >= 4 is 46.8 Å². The van der Waals surface area contributed by atoms with Gasteiger partial charge in [-0.2, -0.15) is 0 Å². The second kappa shape index (κ2) is 7.63. The fourth-order valence-electron chi connectivity index (χ4n) is 2.76. The first kappa shape index (κ1) is 18.7. The van der Waals surface area contributed by atoms with Crippen molar-refractivity contribution < 1.29 is 24.3 Å². The summed E-state index contributed by atoms with van der Waals surface area (Å²) in [5.74, 6) is -2.33. The quantitative estimate of drug-likeness (QED) is 0.783. The summed E-state index contributed by atoms with van der Waals surface area (Å²) in [7, 11) is 0. The summed E-state index contributed by atoms with van der Waals surface area (Å²) in [5.41, 5.74) is 0.940. The van der Waals surface area contributed by atoms with Gasteiger partial charge in [-0.1, -0.05) is 18.2 Å². The Morgan fingerprint density at radius 2 is 1.78 bits per heavy atom. The van der Waals surface area contributed by atoms with Gasteiger partial charge in [0, 0.05) is 29.5 Å². The van der Waals surface area contributed by atoms with Gasteiger partial charge in [0.25, 0.3) is 0 Å². The van der Waals surface area contributed by atoms with E-state index < -0.39 is 17.1 Å². The zero-order valence-electron chi connectivity index (χ0n) is 14.3. The van der Waals surface area contributed by atoms with Crippen molar-refractivity contribution in [3.05, 3.63) is 54.1 Å². The average molecular weight is 383 g/mol. The number of carboxylic acids is 1. The molecule has 1 N–H and O–H groups in total. The van der Waals surface area contributed by atoms with Crippen LogP contribution in [0.2, 0.25) is 0 Å².